The molecule has 0 aliphatic heterocycles. The van der Waals surface area contributed by atoms with Gasteiger partial charge >= 0.3 is 0 Å². The molecule has 0 aliphatic carbocycles. The van der Waals surface area contributed by atoms with Crippen molar-refractivity contribution in [3.63, 3.8) is 0 Å². The molecule has 0 fully saturated rings. The maximum atomic E-state index is 11.3. The predicted octanol–water partition coefficient (Wildman–Crippen LogP) is 2.08. The molecule has 1 aromatic carbocycles. The van der Waals surface area contributed by atoms with E-state index in [1.165, 1.54) is 0 Å². The molecule has 0 unspecified atom stereocenters. The Morgan fingerprint density at radius 1 is 1.43 bits per heavy atom. The second-order valence-corrected chi connectivity index (χ2v) is 3.55. The molecular weight excluding hydrogens is 176 g/mol. The van der Waals surface area contributed by atoms with E-state index in [9.17, 15) is 4.79 Å². The highest BCUT2D eigenvalue weighted by molar-refractivity contribution is 5.99. The fraction of sp³-hybridized carbons (Fsp3) is 0.273. The molecular formula is C11H12N2O. The van der Waals surface area contributed by atoms with Crippen molar-refractivity contribution in [3.8, 4) is 0 Å². The Bertz CT molecular complexity index is 511. The van der Waals surface area contributed by atoms with Crippen molar-refractivity contribution in [1.82, 2.24) is 9.78 Å². The Morgan fingerprint density at radius 3 is 2.79 bits per heavy atom. The van der Waals surface area contributed by atoms with Crippen molar-refractivity contribution in [2.24, 2.45) is 7.05 Å². The first kappa shape index (κ1) is 8.94. The Morgan fingerprint density at radius 2 is 2.14 bits per heavy atom. The van der Waals surface area contributed by atoms with Gasteiger partial charge in [0.15, 0.2) is 5.78 Å². The van der Waals surface area contributed by atoms with E-state index < -0.39 is 0 Å². The number of benzene rings is 1. The van der Waals surface area contributed by atoms with Gasteiger partial charge in [-0.2, -0.15) is 5.10 Å². The van der Waals surface area contributed by atoms with E-state index in [0.717, 1.165) is 22.0 Å². The topological polar surface area (TPSA) is 34.9 Å². The number of hydrogen-bond acceptors (Lipinski definition) is 2. The van der Waals surface area contributed by atoms with Gasteiger partial charge in [0.25, 0.3) is 0 Å². The largest absolute Gasteiger partial charge is 0.295 e. The van der Waals surface area contributed by atoms with Crippen LogP contribution in [0, 0.1) is 6.92 Å². The summed E-state index contributed by atoms with van der Waals surface area (Å²) in [5, 5.41) is 5.16. The summed E-state index contributed by atoms with van der Waals surface area (Å²) >= 11 is 0. The number of Topliss-reactive ketones (excluding diaryl/α,β-unsaturated/α-hetero) is 1. The number of nitrogens with zero attached hydrogens (tertiary/aromatic N) is 2. The molecule has 1 heterocycles. The lowest BCUT2D eigenvalue weighted by atomic mass is 10.0. The monoisotopic (exact) mass is 188 g/mol. The third kappa shape index (κ3) is 1.21. The third-order valence-electron chi connectivity index (χ3n) is 2.47. The number of carbonyl (C=O) groups is 1. The molecule has 0 radical (unpaired) electrons. The van der Waals surface area contributed by atoms with Crippen molar-refractivity contribution < 1.29 is 4.79 Å². The first-order valence-corrected chi connectivity index (χ1v) is 4.53. The van der Waals surface area contributed by atoms with Crippen molar-refractivity contribution in [1.29, 1.82) is 0 Å². The highest BCUT2D eigenvalue weighted by Gasteiger charge is 2.07. The minimum Gasteiger partial charge on any atom is -0.295 e. The van der Waals surface area contributed by atoms with Gasteiger partial charge in [-0.1, -0.05) is 0 Å². The minimum atomic E-state index is 0.105. The molecule has 0 N–H and O–H groups in total. The quantitative estimate of drug-likeness (QED) is 0.642. The summed E-state index contributed by atoms with van der Waals surface area (Å²) in [4.78, 5) is 11.3. The number of ketones is 1. The van der Waals surface area contributed by atoms with Gasteiger partial charge in [0, 0.05) is 18.0 Å². The average Bonchev–Trinajstić information content (AvgIpc) is 2.46. The van der Waals surface area contributed by atoms with Crippen molar-refractivity contribution in [3.05, 3.63) is 29.5 Å². The summed E-state index contributed by atoms with van der Waals surface area (Å²) in [6, 6.07) is 3.90. The molecule has 3 nitrogen and oxygen atoms in total. The van der Waals surface area contributed by atoms with E-state index >= 15 is 0 Å². The molecule has 0 amide bonds. The summed E-state index contributed by atoms with van der Waals surface area (Å²) in [7, 11) is 1.90. The second-order valence-electron chi connectivity index (χ2n) is 3.55. The number of fused-ring (bicyclic) bond motifs is 1. The van der Waals surface area contributed by atoms with Gasteiger partial charge in [0.1, 0.15) is 0 Å². The first-order chi connectivity index (χ1) is 6.59. The number of aromatic nitrogens is 2. The van der Waals surface area contributed by atoms with E-state index in [1.54, 1.807) is 13.1 Å². The van der Waals surface area contributed by atoms with Crippen LogP contribution in [0.1, 0.15) is 22.8 Å². The number of rotatable bonds is 1. The Kier molecular flexibility index (Phi) is 1.88. The van der Waals surface area contributed by atoms with Crippen molar-refractivity contribution in [2.75, 3.05) is 0 Å². The van der Waals surface area contributed by atoms with E-state index in [2.05, 4.69) is 5.10 Å². The van der Waals surface area contributed by atoms with Crippen LogP contribution in [0.5, 0.6) is 0 Å². The zero-order valence-corrected chi connectivity index (χ0v) is 8.53. The fourth-order valence-electron chi connectivity index (χ4n) is 1.68. The van der Waals surface area contributed by atoms with Gasteiger partial charge in [-0.15, -0.1) is 0 Å². The lowest BCUT2D eigenvalue weighted by molar-refractivity contribution is 0.101. The SMILES string of the molecule is CC(=O)c1cc2cnn(C)c2cc1C. The van der Waals surface area contributed by atoms with Crippen LogP contribution in [0.3, 0.4) is 0 Å². The van der Waals surface area contributed by atoms with Crippen LogP contribution >= 0.6 is 0 Å². The zero-order chi connectivity index (χ0) is 10.3. The van der Waals surface area contributed by atoms with Crippen LogP contribution in [0.15, 0.2) is 18.3 Å². The van der Waals surface area contributed by atoms with E-state index in [-0.39, 0.29) is 5.78 Å². The van der Waals surface area contributed by atoms with Gasteiger partial charge in [-0.3, -0.25) is 9.48 Å². The normalized spacial score (nSPS) is 10.8. The summed E-state index contributed by atoms with van der Waals surface area (Å²) in [5.41, 5.74) is 2.85. The Balaban J connectivity index is 2.79. The standard InChI is InChI=1S/C11H12N2O/c1-7-4-11-9(6-12-13(11)3)5-10(7)8(2)14/h4-6H,1-3H3. The summed E-state index contributed by atoms with van der Waals surface area (Å²) in [6.45, 7) is 3.54. The maximum Gasteiger partial charge on any atom is 0.160 e. The summed E-state index contributed by atoms with van der Waals surface area (Å²) in [6.07, 6.45) is 1.78. The minimum absolute atomic E-state index is 0.105. The van der Waals surface area contributed by atoms with Crippen LogP contribution < -0.4 is 0 Å². The fourth-order valence-corrected chi connectivity index (χ4v) is 1.68. The smallest absolute Gasteiger partial charge is 0.160 e. The van der Waals surface area contributed by atoms with Gasteiger partial charge in [0.05, 0.1) is 11.7 Å². The molecule has 0 bridgehead atoms. The Hall–Kier alpha value is -1.64. The summed E-state index contributed by atoms with van der Waals surface area (Å²) < 4.78 is 1.81. The highest BCUT2D eigenvalue weighted by atomic mass is 16.1. The molecule has 72 valence electrons. The van der Waals surface area contributed by atoms with Crippen molar-refractivity contribution in [2.45, 2.75) is 13.8 Å². The van der Waals surface area contributed by atoms with Crippen LogP contribution in [-0.2, 0) is 7.05 Å². The van der Waals surface area contributed by atoms with Gasteiger partial charge in [0.2, 0.25) is 0 Å². The van der Waals surface area contributed by atoms with Gasteiger partial charge in [-0.05, 0) is 31.5 Å². The highest BCUT2D eigenvalue weighted by Crippen LogP contribution is 2.19. The molecule has 0 saturated heterocycles. The van der Waals surface area contributed by atoms with E-state index in [4.69, 9.17) is 0 Å². The third-order valence-corrected chi connectivity index (χ3v) is 2.47. The predicted molar refractivity (Wildman–Crippen MR) is 55.5 cm³/mol. The molecule has 2 aromatic rings. The van der Waals surface area contributed by atoms with Crippen LogP contribution in [0.4, 0.5) is 0 Å². The molecule has 2 rings (SSSR count). The molecule has 14 heavy (non-hydrogen) atoms. The zero-order valence-electron chi connectivity index (χ0n) is 8.53. The van der Waals surface area contributed by atoms with Crippen LogP contribution in [0.25, 0.3) is 10.9 Å². The van der Waals surface area contributed by atoms with Crippen molar-refractivity contribution >= 4 is 16.7 Å². The molecule has 0 atom stereocenters. The molecule has 0 aliphatic rings. The summed E-state index contributed by atoms with van der Waals surface area (Å²) in [5.74, 6) is 0.105. The molecule has 0 saturated carbocycles. The maximum absolute atomic E-state index is 11.3. The number of hydrogen-bond donors (Lipinski definition) is 0. The molecule has 1 aromatic heterocycles. The Labute approximate surface area is 82.3 Å². The first-order valence-electron chi connectivity index (χ1n) is 4.53. The lowest BCUT2D eigenvalue weighted by Crippen LogP contribution is -1.96. The van der Waals surface area contributed by atoms with E-state index in [1.807, 2.05) is 30.8 Å². The molecule has 0 spiro atoms. The lowest BCUT2D eigenvalue weighted by Gasteiger charge is -2.02. The second kappa shape index (κ2) is 2.94. The van der Waals surface area contributed by atoms with E-state index in [0.29, 0.717) is 0 Å². The van der Waals surface area contributed by atoms with Gasteiger partial charge in [-0.25, -0.2) is 0 Å². The van der Waals surface area contributed by atoms with Gasteiger partial charge < -0.3 is 0 Å². The van der Waals surface area contributed by atoms with Crippen LogP contribution in [-0.4, -0.2) is 15.6 Å². The number of carbonyl (C=O) groups excluding carboxylic acids is 1. The molecule has 3 heteroatoms. The average molecular weight is 188 g/mol. The number of aryl methyl sites for hydroxylation is 2. The van der Waals surface area contributed by atoms with Crippen LogP contribution in [0.2, 0.25) is 0 Å².